The van der Waals surface area contributed by atoms with Crippen molar-refractivity contribution in [3.05, 3.63) is 68.6 Å². The molecule has 0 spiro atoms. The monoisotopic (exact) mass is 616 g/mol. The van der Waals surface area contributed by atoms with Gasteiger partial charge < -0.3 is 18.8 Å². The molecule has 0 heterocycles. The standard InChI is InChI=1S/C12H7Cl2F3O4S.C11H8Cl2O2/c1-20-8-4-2-7-6(10(8)13)3-5-9(11(7)14)21-22(18,19)12(15,16)17;1-15-9-5-3-6-7(11(9)13)2-4-8(14)10(6)12/h2-5H,1H3;2-5,14H,1H3. The molecular formula is C23H15Cl4F3O6S. The number of alkyl halides is 3. The van der Waals surface area contributed by atoms with Gasteiger partial charge in [-0.3, -0.25) is 0 Å². The fraction of sp³-hybridized carbons (Fsp3) is 0.130. The Morgan fingerprint density at radius 3 is 1.41 bits per heavy atom. The molecule has 0 amide bonds. The second kappa shape index (κ2) is 11.1. The SMILES string of the molecule is COc1ccc2c(Cl)c(O)ccc2c1Cl.COc1ccc2c(Cl)c(OS(=O)(=O)C(F)(F)F)ccc2c1Cl. The van der Waals surface area contributed by atoms with Crippen LogP contribution in [0.25, 0.3) is 21.5 Å². The van der Waals surface area contributed by atoms with Crippen LogP contribution in [0.4, 0.5) is 13.2 Å². The van der Waals surface area contributed by atoms with Crippen LogP contribution < -0.4 is 13.7 Å². The lowest BCUT2D eigenvalue weighted by molar-refractivity contribution is -0.0500. The largest absolute Gasteiger partial charge is 0.534 e. The van der Waals surface area contributed by atoms with Crippen LogP contribution in [0, 0.1) is 0 Å². The van der Waals surface area contributed by atoms with Crippen LogP contribution in [0.3, 0.4) is 0 Å². The number of rotatable bonds is 4. The average molecular weight is 618 g/mol. The van der Waals surface area contributed by atoms with E-state index in [1.807, 2.05) is 0 Å². The second-order valence-electron chi connectivity index (χ2n) is 7.11. The highest BCUT2D eigenvalue weighted by Gasteiger charge is 2.48. The van der Waals surface area contributed by atoms with Gasteiger partial charge in [-0.2, -0.15) is 21.6 Å². The van der Waals surface area contributed by atoms with Crippen molar-refractivity contribution in [1.29, 1.82) is 0 Å². The van der Waals surface area contributed by atoms with Crippen LogP contribution in [0.5, 0.6) is 23.0 Å². The zero-order valence-corrected chi connectivity index (χ0v) is 22.5. The van der Waals surface area contributed by atoms with Crippen LogP contribution in [0.1, 0.15) is 0 Å². The van der Waals surface area contributed by atoms with E-state index in [1.54, 1.807) is 25.3 Å². The van der Waals surface area contributed by atoms with Gasteiger partial charge in [-0.15, -0.1) is 0 Å². The molecule has 4 aromatic carbocycles. The average Bonchev–Trinajstić information content (AvgIpc) is 2.83. The Morgan fingerprint density at radius 2 is 1.00 bits per heavy atom. The van der Waals surface area contributed by atoms with E-state index in [0.717, 1.165) is 11.5 Å². The molecule has 0 atom stereocenters. The Balaban J connectivity index is 0.000000220. The molecule has 198 valence electrons. The third-order valence-corrected chi connectivity index (χ3v) is 7.47. The highest BCUT2D eigenvalue weighted by molar-refractivity contribution is 7.88. The zero-order valence-electron chi connectivity index (χ0n) is 18.7. The van der Waals surface area contributed by atoms with Gasteiger partial charge in [0.2, 0.25) is 0 Å². The normalized spacial score (nSPS) is 11.7. The minimum Gasteiger partial charge on any atom is -0.506 e. The molecule has 4 rings (SSSR count). The summed E-state index contributed by atoms with van der Waals surface area (Å²) >= 11 is 24.0. The zero-order chi connectivity index (χ0) is 27.7. The van der Waals surface area contributed by atoms with Crippen LogP contribution in [0.15, 0.2) is 48.5 Å². The molecule has 0 aliphatic rings. The molecule has 0 fully saturated rings. The Bertz CT molecular complexity index is 1590. The summed E-state index contributed by atoms with van der Waals surface area (Å²) in [5, 5.41) is 12.2. The Morgan fingerprint density at radius 1 is 0.649 bits per heavy atom. The summed E-state index contributed by atoms with van der Waals surface area (Å²) in [7, 11) is -2.87. The number of benzene rings is 4. The topological polar surface area (TPSA) is 82.1 Å². The van der Waals surface area contributed by atoms with E-state index < -0.39 is 21.4 Å². The summed E-state index contributed by atoms with van der Waals surface area (Å²) in [6.07, 6.45) is 0. The van der Waals surface area contributed by atoms with Crippen molar-refractivity contribution in [2.75, 3.05) is 14.2 Å². The van der Waals surface area contributed by atoms with Crippen LogP contribution in [0.2, 0.25) is 20.1 Å². The summed E-state index contributed by atoms with van der Waals surface area (Å²) in [5.41, 5.74) is -5.55. The number of methoxy groups -OCH3 is 2. The van der Waals surface area contributed by atoms with Crippen molar-refractivity contribution in [1.82, 2.24) is 0 Å². The Labute approximate surface area is 229 Å². The first-order valence-electron chi connectivity index (χ1n) is 9.82. The molecule has 1 N–H and O–H groups in total. The predicted octanol–water partition coefficient (Wildman–Crippen LogP) is 8.24. The second-order valence-corrected chi connectivity index (χ2v) is 10.2. The third kappa shape index (κ3) is 5.83. The lowest BCUT2D eigenvalue weighted by Crippen LogP contribution is -2.28. The van der Waals surface area contributed by atoms with Crippen molar-refractivity contribution in [2.24, 2.45) is 0 Å². The fourth-order valence-corrected chi connectivity index (χ4v) is 4.76. The maximum absolute atomic E-state index is 12.3. The van der Waals surface area contributed by atoms with Gasteiger partial charge in [0.1, 0.15) is 17.2 Å². The van der Waals surface area contributed by atoms with Gasteiger partial charge in [-0.1, -0.05) is 46.4 Å². The number of halogens is 7. The molecule has 0 saturated heterocycles. The van der Waals surface area contributed by atoms with E-state index in [-0.39, 0.29) is 21.2 Å². The van der Waals surface area contributed by atoms with Crippen molar-refractivity contribution in [3.8, 4) is 23.0 Å². The van der Waals surface area contributed by atoms with Gasteiger partial charge in [0.15, 0.2) is 5.75 Å². The molecule has 37 heavy (non-hydrogen) atoms. The van der Waals surface area contributed by atoms with Crippen LogP contribution in [-0.4, -0.2) is 33.3 Å². The van der Waals surface area contributed by atoms with E-state index in [4.69, 9.17) is 55.9 Å². The molecule has 0 bridgehead atoms. The van der Waals surface area contributed by atoms with Gasteiger partial charge in [0.05, 0.1) is 34.3 Å². The summed E-state index contributed by atoms with van der Waals surface area (Å²) in [6.45, 7) is 0. The molecular weight excluding hydrogens is 603 g/mol. The van der Waals surface area contributed by atoms with Gasteiger partial charge in [-0.05, 0) is 48.5 Å². The molecule has 0 aromatic heterocycles. The van der Waals surface area contributed by atoms with E-state index in [0.29, 0.717) is 32.3 Å². The molecule has 0 unspecified atom stereocenters. The van der Waals surface area contributed by atoms with Gasteiger partial charge >= 0.3 is 15.6 Å². The fourth-order valence-electron chi connectivity index (χ4n) is 3.14. The summed E-state index contributed by atoms with van der Waals surface area (Å²) in [6, 6.07) is 11.8. The molecule has 6 nitrogen and oxygen atoms in total. The first kappa shape index (κ1) is 29.1. The number of hydrogen-bond acceptors (Lipinski definition) is 6. The first-order chi connectivity index (χ1) is 17.2. The van der Waals surface area contributed by atoms with E-state index in [9.17, 15) is 26.7 Å². The predicted molar refractivity (Wildman–Crippen MR) is 138 cm³/mol. The third-order valence-electron chi connectivity index (χ3n) is 4.93. The molecule has 14 heteroatoms. The molecule has 4 aromatic rings. The highest BCUT2D eigenvalue weighted by Crippen LogP contribution is 2.41. The van der Waals surface area contributed by atoms with Crippen molar-refractivity contribution in [2.45, 2.75) is 5.51 Å². The lowest BCUT2D eigenvalue weighted by atomic mass is 10.1. The minimum absolute atomic E-state index is 0.0467. The molecule has 0 aliphatic heterocycles. The van der Waals surface area contributed by atoms with E-state index in [1.165, 1.54) is 31.4 Å². The lowest BCUT2D eigenvalue weighted by Gasteiger charge is -2.13. The van der Waals surface area contributed by atoms with Gasteiger partial charge in [-0.25, -0.2) is 0 Å². The number of phenolic OH excluding ortho intramolecular Hbond substituents is 1. The summed E-state index contributed by atoms with van der Waals surface area (Å²) < 4.78 is 73.2. The summed E-state index contributed by atoms with van der Waals surface area (Å²) in [4.78, 5) is 0. The van der Waals surface area contributed by atoms with Gasteiger partial charge in [0, 0.05) is 21.5 Å². The molecule has 0 radical (unpaired) electrons. The Kier molecular flexibility index (Phi) is 8.71. The van der Waals surface area contributed by atoms with Crippen molar-refractivity contribution >= 4 is 78.1 Å². The summed E-state index contributed by atoms with van der Waals surface area (Å²) in [5.74, 6) is 0.325. The van der Waals surface area contributed by atoms with Crippen LogP contribution in [-0.2, 0) is 10.1 Å². The number of fused-ring (bicyclic) bond motifs is 2. The first-order valence-corrected chi connectivity index (χ1v) is 12.7. The number of ether oxygens (including phenoxy) is 2. The van der Waals surface area contributed by atoms with E-state index in [2.05, 4.69) is 4.18 Å². The number of hydrogen-bond donors (Lipinski definition) is 1. The van der Waals surface area contributed by atoms with Crippen molar-refractivity contribution in [3.63, 3.8) is 0 Å². The number of aromatic hydroxyl groups is 1. The number of phenols is 1. The van der Waals surface area contributed by atoms with Gasteiger partial charge in [0.25, 0.3) is 0 Å². The van der Waals surface area contributed by atoms with Crippen molar-refractivity contribution < 1.29 is 40.4 Å². The Hall–Kier alpha value is -2.50. The highest BCUT2D eigenvalue weighted by atomic mass is 35.5. The smallest absolute Gasteiger partial charge is 0.506 e. The minimum atomic E-state index is -5.81. The maximum Gasteiger partial charge on any atom is 0.534 e. The molecule has 0 saturated carbocycles. The van der Waals surface area contributed by atoms with E-state index >= 15 is 0 Å². The van der Waals surface area contributed by atoms with Crippen LogP contribution >= 0.6 is 46.4 Å². The quantitative estimate of drug-likeness (QED) is 0.183. The maximum atomic E-state index is 12.3. The molecule has 0 aliphatic carbocycles.